The van der Waals surface area contributed by atoms with Crippen LogP contribution in [0.15, 0.2) is 60.7 Å². The third kappa shape index (κ3) is 10.7. The average Bonchev–Trinajstić information content (AvgIpc) is 2.73. The van der Waals surface area contributed by atoms with Crippen LogP contribution in [-0.2, 0) is 0 Å². The molecule has 4 heteroatoms. The molecule has 160 valence electrons. The van der Waals surface area contributed by atoms with Gasteiger partial charge < -0.3 is 0 Å². The Kier molecular flexibility index (Phi) is 11.8. The first kappa shape index (κ1) is 23.7. The third-order valence-electron chi connectivity index (χ3n) is 5.03. The van der Waals surface area contributed by atoms with Crippen LogP contribution in [-0.4, -0.2) is 11.1 Å². The highest BCUT2D eigenvalue weighted by molar-refractivity contribution is 7.61. The maximum atomic E-state index is 11.1. The molecule has 0 radical (unpaired) electrons. The molecule has 0 saturated carbocycles. The zero-order chi connectivity index (χ0) is 20.6. The Labute approximate surface area is 178 Å². The van der Waals surface area contributed by atoms with Crippen LogP contribution in [0.2, 0.25) is 0 Å². The van der Waals surface area contributed by atoms with Gasteiger partial charge in [0.05, 0.1) is 0 Å². The van der Waals surface area contributed by atoms with E-state index in [1.54, 1.807) is 0 Å². The highest BCUT2D eigenvalue weighted by Crippen LogP contribution is 2.56. The molecule has 0 heterocycles. The first-order chi connectivity index (χ1) is 14.2. The van der Waals surface area contributed by atoms with E-state index in [0.29, 0.717) is 17.7 Å². The minimum Gasteiger partial charge on any atom is -0.278 e. The molecular formula is C25H38O3P+. The van der Waals surface area contributed by atoms with Gasteiger partial charge in [-0.3, -0.25) is 9.05 Å². The van der Waals surface area contributed by atoms with E-state index in [0.717, 1.165) is 12.8 Å². The summed E-state index contributed by atoms with van der Waals surface area (Å²) in [6.45, 7) is 2.26. The summed E-state index contributed by atoms with van der Waals surface area (Å²) in [6, 6.07) is 18.9. The summed E-state index contributed by atoms with van der Waals surface area (Å²) >= 11 is 0. The molecule has 0 amide bonds. The van der Waals surface area contributed by atoms with Crippen LogP contribution >= 0.6 is 7.94 Å². The van der Waals surface area contributed by atoms with E-state index < -0.39 is 7.94 Å². The van der Waals surface area contributed by atoms with Crippen molar-refractivity contribution >= 4 is 7.94 Å². The van der Waals surface area contributed by atoms with Crippen molar-refractivity contribution in [3.05, 3.63) is 60.7 Å². The van der Waals surface area contributed by atoms with Crippen molar-refractivity contribution in [2.75, 3.05) is 6.16 Å². The van der Waals surface area contributed by atoms with E-state index in [1.165, 1.54) is 57.8 Å². The minimum atomic E-state index is -2.99. The van der Waals surface area contributed by atoms with E-state index in [1.807, 2.05) is 60.7 Å². The molecule has 0 saturated heterocycles. The van der Waals surface area contributed by atoms with Gasteiger partial charge in [-0.25, -0.2) is 0 Å². The number of benzene rings is 2. The summed E-state index contributed by atoms with van der Waals surface area (Å²) in [7, 11) is -2.99. The summed E-state index contributed by atoms with van der Waals surface area (Å²) in [5.74, 6) is 1.31. The second kappa shape index (κ2) is 14.4. The van der Waals surface area contributed by atoms with Gasteiger partial charge in [0, 0.05) is 0 Å². The maximum absolute atomic E-state index is 11.1. The van der Waals surface area contributed by atoms with Crippen molar-refractivity contribution < 1.29 is 13.9 Å². The topological polar surface area (TPSA) is 38.7 Å². The molecule has 2 aromatic rings. The van der Waals surface area contributed by atoms with Gasteiger partial charge in [-0.2, -0.15) is 4.89 Å². The third-order valence-corrected chi connectivity index (χ3v) is 6.90. The minimum absolute atomic E-state index is 0.549. The van der Waals surface area contributed by atoms with Crippen molar-refractivity contribution in [2.45, 2.75) is 77.6 Å². The van der Waals surface area contributed by atoms with Gasteiger partial charge >= 0.3 is 7.94 Å². The summed E-state index contributed by atoms with van der Waals surface area (Å²) in [5, 5.41) is 0. The number of unbranched alkanes of at least 4 members (excludes halogenated alkanes) is 10. The van der Waals surface area contributed by atoms with Crippen molar-refractivity contribution in [1.29, 1.82) is 0 Å². The first-order valence-corrected chi connectivity index (χ1v) is 13.1. The second-order valence-electron chi connectivity index (χ2n) is 7.71. The summed E-state index contributed by atoms with van der Waals surface area (Å²) in [4.78, 5) is 11.1. The Hall–Kier alpha value is -1.57. The predicted octanol–water partition coefficient (Wildman–Crippen LogP) is 8.21. The second-order valence-corrected chi connectivity index (χ2v) is 9.79. The van der Waals surface area contributed by atoms with Crippen molar-refractivity contribution in [1.82, 2.24) is 0 Å². The Morgan fingerprint density at radius 3 is 1.38 bits per heavy atom. The Balaban J connectivity index is 1.70. The maximum Gasteiger partial charge on any atom is 0.495 e. The van der Waals surface area contributed by atoms with Crippen LogP contribution in [0.1, 0.15) is 77.6 Å². The fourth-order valence-corrected chi connectivity index (χ4v) is 5.12. The predicted molar refractivity (Wildman–Crippen MR) is 125 cm³/mol. The number of para-hydroxylation sites is 2. The molecule has 0 aliphatic carbocycles. The molecule has 0 aliphatic heterocycles. The first-order valence-electron chi connectivity index (χ1n) is 11.3. The monoisotopic (exact) mass is 417 g/mol. The molecule has 0 spiro atoms. The van der Waals surface area contributed by atoms with Gasteiger partial charge in [-0.05, 0) is 37.1 Å². The molecule has 3 nitrogen and oxygen atoms in total. The lowest BCUT2D eigenvalue weighted by Crippen LogP contribution is -2.12. The Morgan fingerprint density at radius 2 is 0.966 bits per heavy atom. The van der Waals surface area contributed by atoms with E-state index in [-0.39, 0.29) is 0 Å². The summed E-state index contributed by atoms with van der Waals surface area (Å²) < 4.78 is 11.9. The lowest BCUT2D eigenvalue weighted by molar-refractivity contribution is 0.344. The van der Waals surface area contributed by atoms with Gasteiger partial charge in [0.2, 0.25) is 0 Å². The fourth-order valence-electron chi connectivity index (χ4n) is 3.38. The highest BCUT2D eigenvalue weighted by Gasteiger charge is 2.43. The Morgan fingerprint density at radius 1 is 0.586 bits per heavy atom. The molecule has 0 bridgehead atoms. The van der Waals surface area contributed by atoms with Crippen LogP contribution in [0.5, 0.6) is 11.5 Å². The molecule has 0 atom stereocenters. The van der Waals surface area contributed by atoms with Gasteiger partial charge in [0.15, 0.2) is 17.7 Å². The fraction of sp³-hybridized carbons (Fsp3) is 0.520. The highest BCUT2D eigenvalue weighted by atomic mass is 31.2. The molecule has 0 aromatic heterocycles. The molecular weight excluding hydrogens is 379 g/mol. The van der Waals surface area contributed by atoms with Crippen LogP contribution in [0.3, 0.4) is 0 Å². The molecule has 2 rings (SSSR count). The lowest BCUT2D eigenvalue weighted by atomic mass is 10.1. The molecule has 0 fully saturated rings. The van der Waals surface area contributed by atoms with Crippen LogP contribution in [0.4, 0.5) is 0 Å². The number of hydrogen-bond acceptors (Lipinski definition) is 3. The van der Waals surface area contributed by atoms with Gasteiger partial charge in [-0.1, -0.05) is 101 Å². The van der Waals surface area contributed by atoms with E-state index in [2.05, 4.69) is 6.92 Å². The SMILES string of the molecule is CCCCCCCCCCCCC[P+](O)(Oc1ccccc1)Oc1ccccc1. The van der Waals surface area contributed by atoms with Gasteiger partial charge in [0.25, 0.3) is 0 Å². The molecule has 0 unspecified atom stereocenters. The summed E-state index contributed by atoms with van der Waals surface area (Å²) in [5.41, 5.74) is 0. The quantitative estimate of drug-likeness (QED) is 0.221. The molecule has 1 N–H and O–H groups in total. The lowest BCUT2D eigenvalue weighted by Gasteiger charge is -2.18. The number of hydrogen-bond donors (Lipinski definition) is 1. The Bertz CT molecular complexity index is 592. The van der Waals surface area contributed by atoms with Crippen molar-refractivity contribution in [3.8, 4) is 11.5 Å². The van der Waals surface area contributed by atoms with Crippen LogP contribution in [0, 0.1) is 0 Å². The van der Waals surface area contributed by atoms with Crippen LogP contribution < -0.4 is 9.05 Å². The number of rotatable bonds is 16. The van der Waals surface area contributed by atoms with E-state index >= 15 is 0 Å². The standard InChI is InChI=1S/C25H38O3P/c1-2-3-4-5-6-7-8-9-10-11-18-23-29(26,27-24-19-14-12-15-20-24)28-25-21-16-13-17-22-25/h12-17,19-22,26H,2-11,18,23H2,1H3/q+1. The zero-order valence-corrected chi connectivity index (χ0v) is 18.9. The van der Waals surface area contributed by atoms with Gasteiger partial charge in [-0.15, -0.1) is 0 Å². The van der Waals surface area contributed by atoms with E-state index in [9.17, 15) is 4.89 Å². The largest absolute Gasteiger partial charge is 0.495 e. The summed E-state index contributed by atoms with van der Waals surface area (Å²) in [6.07, 6.45) is 14.6. The van der Waals surface area contributed by atoms with E-state index in [4.69, 9.17) is 9.05 Å². The normalized spacial score (nSPS) is 11.4. The average molecular weight is 418 g/mol. The zero-order valence-electron chi connectivity index (χ0n) is 18.0. The van der Waals surface area contributed by atoms with Crippen LogP contribution in [0.25, 0.3) is 0 Å². The smallest absolute Gasteiger partial charge is 0.278 e. The molecule has 2 aromatic carbocycles. The molecule has 0 aliphatic rings. The van der Waals surface area contributed by atoms with Gasteiger partial charge in [0.1, 0.15) is 0 Å². The molecule has 29 heavy (non-hydrogen) atoms. The van der Waals surface area contributed by atoms with Crippen molar-refractivity contribution in [2.24, 2.45) is 0 Å². The van der Waals surface area contributed by atoms with Crippen molar-refractivity contribution in [3.63, 3.8) is 0 Å².